The molecule has 1 aromatic heterocycles. The van der Waals surface area contributed by atoms with E-state index in [2.05, 4.69) is 16.4 Å². The average Bonchev–Trinajstić information content (AvgIpc) is 2.86. The third-order valence-corrected chi connectivity index (χ3v) is 3.40. The van der Waals surface area contributed by atoms with Gasteiger partial charge in [-0.05, 0) is 48.6 Å². The fourth-order valence-corrected chi connectivity index (χ4v) is 2.43. The summed E-state index contributed by atoms with van der Waals surface area (Å²) in [4.78, 5) is 15.8. The molecule has 2 aromatic rings. The molecular formula is C15H14N2O2. The third kappa shape index (κ3) is 2.29. The molecular weight excluding hydrogens is 240 g/mol. The van der Waals surface area contributed by atoms with E-state index in [0.29, 0.717) is 0 Å². The van der Waals surface area contributed by atoms with Crippen LogP contribution in [-0.4, -0.2) is 16.0 Å². The maximum absolute atomic E-state index is 12.0. The second-order valence-corrected chi connectivity index (χ2v) is 4.68. The number of rotatable bonds is 2. The zero-order valence-electron chi connectivity index (χ0n) is 10.4. The van der Waals surface area contributed by atoms with E-state index in [4.69, 9.17) is 0 Å². The lowest BCUT2D eigenvalue weighted by atomic mass is 10.1. The van der Waals surface area contributed by atoms with Gasteiger partial charge in [0.1, 0.15) is 5.75 Å². The van der Waals surface area contributed by atoms with Crippen LogP contribution in [0.3, 0.4) is 0 Å². The maximum Gasteiger partial charge on any atom is 0.259 e. The van der Waals surface area contributed by atoms with Gasteiger partial charge in [0, 0.05) is 11.9 Å². The van der Waals surface area contributed by atoms with Gasteiger partial charge in [-0.3, -0.25) is 9.78 Å². The van der Waals surface area contributed by atoms with E-state index < -0.39 is 0 Å². The number of aromatic hydroxyl groups is 1. The van der Waals surface area contributed by atoms with Crippen LogP contribution >= 0.6 is 0 Å². The van der Waals surface area contributed by atoms with Crippen LogP contribution in [0.25, 0.3) is 0 Å². The summed E-state index contributed by atoms with van der Waals surface area (Å²) in [6, 6.07) is 7.47. The number of nitrogens with zero attached hydrogens (tertiary/aromatic N) is 1. The van der Waals surface area contributed by atoms with E-state index in [-0.39, 0.29) is 17.2 Å². The molecule has 1 heterocycles. The summed E-state index contributed by atoms with van der Waals surface area (Å²) >= 11 is 0. The van der Waals surface area contributed by atoms with Crippen molar-refractivity contribution in [3.8, 4) is 5.75 Å². The minimum absolute atomic E-state index is 0.110. The Balaban J connectivity index is 1.82. The van der Waals surface area contributed by atoms with Gasteiger partial charge in [0.15, 0.2) is 0 Å². The maximum atomic E-state index is 12.0. The fourth-order valence-electron chi connectivity index (χ4n) is 2.43. The predicted octanol–water partition coefficient (Wildman–Crippen LogP) is 2.53. The smallest absolute Gasteiger partial charge is 0.259 e. The number of hydrogen-bond donors (Lipinski definition) is 2. The molecule has 0 aliphatic heterocycles. The number of carbonyl (C=O) groups is 1. The van der Waals surface area contributed by atoms with Crippen LogP contribution in [0, 0.1) is 0 Å². The van der Waals surface area contributed by atoms with Crippen LogP contribution in [0.2, 0.25) is 0 Å². The van der Waals surface area contributed by atoms with E-state index in [1.54, 1.807) is 0 Å². The van der Waals surface area contributed by atoms with Gasteiger partial charge in [0.25, 0.3) is 5.91 Å². The molecule has 0 unspecified atom stereocenters. The number of carbonyl (C=O) groups excluding carboxylic acids is 1. The molecule has 4 heteroatoms. The summed E-state index contributed by atoms with van der Waals surface area (Å²) in [5.41, 5.74) is 3.67. The summed E-state index contributed by atoms with van der Waals surface area (Å²) in [6.07, 6.45) is 6.11. The van der Waals surface area contributed by atoms with Crippen molar-refractivity contribution in [3.05, 3.63) is 53.3 Å². The Morgan fingerprint density at radius 3 is 2.89 bits per heavy atom. The monoisotopic (exact) mass is 254 g/mol. The van der Waals surface area contributed by atoms with Crippen LogP contribution in [0.5, 0.6) is 5.75 Å². The number of amides is 1. The molecule has 2 N–H and O–H groups in total. The second-order valence-electron chi connectivity index (χ2n) is 4.68. The van der Waals surface area contributed by atoms with E-state index in [1.165, 1.54) is 36.0 Å². The average molecular weight is 254 g/mol. The molecule has 0 fully saturated rings. The van der Waals surface area contributed by atoms with Crippen molar-refractivity contribution in [3.63, 3.8) is 0 Å². The molecule has 3 rings (SSSR count). The molecule has 0 saturated carbocycles. The predicted molar refractivity (Wildman–Crippen MR) is 72.3 cm³/mol. The van der Waals surface area contributed by atoms with Crippen molar-refractivity contribution in [2.75, 3.05) is 5.32 Å². The lowest BCUT2D eigenvalue weighted by molar-refractivity contribution is 0.102. The Labute approximate surface area is 111 Å². The van der Waals surface area contributed by atoms with Crippen molar-refractivity contribution in [2.45, 2.75) is 19.3 Å². The number of nitrogens with one attached hydrogen (secondary N) is 1. The Bertz CT molecular complexity index is 638. The van der Waals surface area contributed by atoms with Crippen molar-refractivity contribution in [1.82, 2.24) is 4.98 Å². The van der Waals surface area contributed by atoms with Crippen LogP contribution in [0.1, 0.15) is 27.9 Å². The third-order valence-electron chi connectivity index (χ3n) is 3.40. The first-order chi connectivity index (χ1) is 9.24. The number of anilines is 1. The summed E-state index contributed by atoms with van der Waals surface area (Å²) in [5.74, 6) is -0.431. The van der Waals surface area contributed by atoms with Gasteiger partial charge in [0.05, 0.1) is 11.8 Å². The number of pyridine rings is 1. The molecule has 1 aliphatic carbocycles. The number of aromatic nitrogens is 1. The zero-order chi connectivity index (χ0) is 13.2. The van der Waals surface area contributed by atoms with E-state index in [0.717, 1.165) is 18.5 Å². The van der Waals surface area contributed by atoms with Gasteiger partial charge in [-0.1, -0.05) is 6.07 Å². The van der Waals surface area contributed by atoms with Gasteiger partial charge >= 0.3 is 0 Å². The molecule has 4 nitrogen and oxygen atoms in total. The van der Waals surface area contributed by atoms with Crippen molar-refractivity contribution in [2.24, 2.45) is 0 Å². The van der Waals surface area contributed by atoms with E-state index >= 15 is 0 Å². The van der Waals surface area contributed by atoms with Crippen LogP contribution in [0.15, 0.2) is 36.7 Å². The molecule has 0 radical (unpaired) electrons. The van der Waals surface area contributed by atoms with Crippen LogP contribution in [0.4, 0.5) is 5.69 Å². The summed E-state index contributed by atoms with van der Waals surface area (Å²) < 4.78 is 0. The number of aryl methyl sites for hydroxylation is 2. The molecule has 1 aliphatic rings. The van der Waals surface area contributed by atoms with Gasteiger partial charge in [-0.25, -0.2) is 0 Å². The first-order valence-electron chi connectivity index (χ1n) is 6.30. The Morgan fingerprint density at radius 1 is 1.21 bits per heavy atom. The fraction of sp³-hybridized carbons (Fsp3) is 0.200. The number of hydrogen-bond acceptors (Lipinski definition) is 3. The van der Waals surface area contributed by atoms with Crippen molar-refractivity contribution < 1.29 is 9.90 Å². The van der Waals surface area contributed by atoms with Gasteiger partial charge < -0.3 is 10.4 Å². The normalized spacial score (nSPS) is 13.1. The highest BCUT2D eigenvalue weighted by atomic mass is 16.3. The summed E-state index contributed by atoms with van der Waals surface area (Å²) in [7, 11) is 0. The summed E-state index contributed by atoms with van der Waals surface area (Å²) in [5, 5.41) is 12.4. The lowest BCUT2D eigenvalue weighted by Crippen LogP contribution is -2.12. The number of fused-ring (bicyclic) bond motifs is 1. The first kappa shape index (κ1) is 11.7. The molecule has 96 valence electrons. The highest BCUT2D eigenvalue weighted by Crippen LogP contribution is 2.25. The highest BCUT2D eigenvalue weighted by Gasteiger charge is 2.14. The molecule has 0 saturated heterocycles. The Hall–Kier alpha value is -2.36. The highest BCUT2D eigenvalue weighted by molar-refractivity contribution is 6.06. The van der Waals surface area contributed by atoms with Crippen molar-refractivity contribution in [1.29, 1.82) is 0 Å². The molecule has 0 spiro atoms. The quantitative estimate of drug-likeness (QED) is 0.865. The minimum atomic E-state index is -0.321. The summed E-state index contributed by atoms with van der Waals surface area (Å²) in [6.45, 7) is 0. The second kappa shape index (κ2) is 4.72. The van der Waals surface area contributed by atoms with Crippen molar-refractivity contribution >= 4 is 11.6 Å². The van der Waals surface area contributed by atoms with Crippen LogP contribution in [-0.2, 0) is 12.8 Å². The Kier molecular flexibility index (Phi) is 2.91. The standard InChI is InChI=1S/C15H14N2O2/c18-14-9-16-7-6-13(14)15(19)17-12-5-4-10-2-1-3-11(10)8-12/h4-9,18H,1-3H2,(H,17,19). The topological polar surface area (TPSA) is 62.2 Å². The van der Waals surface area contributed by atoms with Gasteiger partial charge in [0.2, 0.25) is 0 Å². The molecule has 19 heavy (non-hydrogen) atoms. The zero-order valence-corrected chi connectivity index (χ0v) is 10.4. The largest absolute Gasteiger partial charge is 0.505 e. The van der Waals surface area contributed by atoms with Crippen LogP contribution < -0.4 is 5.32 Å². The first-order valence-corrected chi connectivity index (χ1v) is 6.30. The van der Waals surface area contributed by atoms with E-state index in [9.17, 15) is 9.90 Å². The minimum Gasteiger partial charge on any atom is -0.505 e. The van der Waals surface area contributed by atoms with Gasteiger partial charge in [-0.15, -0.1) is 0 Å². The molecule has 0 atom stereocenters. The molecule has 1 amide bonds. The molecule has 0 bridgehead atoms. The van der Waals surface area contributed by atoms with E-state index in [1.807, 2.05) is 12.1 Å². The SMILES string of the molecule is O=C(Nc1ccc2c(c1)CCC2)c1ccncc1O. The lowest BCUT2D eigenvalue weighted by Gasteiger charge is -2.08. The Morgan fingerprint density at radius 2 is 2.05 bits per heavy atom. The van der Waals surface area contributed by atoms with Gasteiger partial charge in [-0.2, -0.15) is 0 Å². The molecule has 1 aromatic carbocycles. The number of benzene rings is 1.